The van der Waals surface area contributed by atoms with Crippen LogP contribution in [0.2, 0.25) is 18.1 Å². The summed E-state index contributed by atoms with van der Waals surface area (Å²) in [7, 11) is -11.2. The van der Waals surface area contributed by atoms with E-state index in [0.29, 0.717) is 5.56 Å². The summed E-state index contributed by atoms with van der Waals surface area (Å²) in [5.41, 5.74) is -0.406. The Balaban J connectivity index is 1.22. The molecule has 5 aromatic rings. The molecule has 2 aliphatic rings. The van der Waals surface area contributed by atoms with Crippen molar-refractivity contribution in [3.63, 3.8) is 0 Å². The predicted octanol–water partition coefficient (Wildman–Crippen LogP) is 5.46. The Hall–Kier alpha value is -5.29. The zero-order valence-electron chi connectivity index (χ0n) is 38.6. The Bertz CT molecular complexity index is 2840. The summed E-state index contributed by atoms with van der Waals surface area (Å²) >= 11 is 0. The van der Waals surface area contributed by atoms with Gasteiger partial charge in [-0.25, -0.2) is 28.9 Å². The summed E-state index contributed by atoms with van der Waals surface area (Å²) < 4.78 is 82.6. The number of rotatable bonds is 19. The number of imidazole rings is 2. The number of carbonyl (C=O) groups is 2. The zero-order chi connectivity index (χ0) is 50.0. The van der Waals surface area contributed by atoms with E-state index in [9.17, 15) is 34.2 Å². The fraction of sp³-hybridized carbons (Fsp3) is 0.537. The number of benzene rings is 1. The predicted molar refractivity (Wildman–Crippen MR) is 246 cm³/mol. The van der Waals surface area contributed by atoms with E-state index >= 15 is 8.96 Å². The van der Waals surface area contributed by atoms with E-state index in [0.717, 1.165) is 17.2 Å². The first-order valence-corrected chi connectivity index (χ1v) is 27.3. The number of carbonyl (C=O) groups excluding carboxylic acids is 2. The molecule has 1 saturated carbocycles. The first-order chi connectivity index (χ1) is 32.6. The number of aromatic nitrogens is 8. The number of hydrogen-bond acceptors (Lipinski definition) is 18. The number of H-pyrrole nitrogens is 1. The van der Waals surface area contributed by atoms with E-state index in [4.69, 9.17) is 27.3 Å². The molecule has 5 heterocycles. The van der Waals surface area contributed by atoms with Gasteiger partial charge in [0.15, 0.2) is 55.0 Å². The number of alkyl halides is 1. The average Bonchev–Trinajstić information content (AvgIpc) is 4.07. The summed E-state index contributed by atoms with van der Waals surface area (Å²) in [4.78, 5) is 72.7. The van der Waals surface area contributed by atoms with E-state index in [1.807, 2.05) is 39.9 Å². The van der Waals surface area contributed by atoms with Gasteiger partial charge in [-0.3, -0.25) is 42.8 Å². The second-order valence-corrected chi connectivity index (χ2v) is 25.3. The van der Waals surface area contributed by atoms with Gasteiger partial charge < -0.3 is 24.2 Å². The van der Waals surface area contributed by atoms with Crippen molar-refractivity contribution >= 4 is 70.3 Å². The number of nitrogens with zero attached hydrogens (tertiary/aromatic N) is 8. The number of nitriles is 1. The molecule has 0 spiro atoms. The van der Waals surface area contributed by atoms with Crippen molar-refractivity contribution in [2.45, 2.75) is 108 Å². The first kappa shape index (κ1) is 51.6. The van der Waals surface area contributed by atoms with Crippen molar-refractivity contribution in [2.24, 2.45) is 11.8 Å². The molecule has 10 atom stereocenters. The number of phosphoric acid groups is 1. The number of aliphatic hydroxyl groups is 1. The minimum Gasteiger partial charge on any atom is -0.411 e. The lowest BCUT2D eigenvalue weighted by molar-refractivity contribution is -0.118. The van der Waals surface area contributed by atoms with Crippen LogP contribution >= 0.6 is 16.1 Å². The fourth-order valence-corrected chi connectivity index (χ4v) is 10.8. The minimum atomic E-state index is -4.97. The molecular weight excluding hydrogens is 964 g/mol. The normalized spacial score (nSPS) is 24.1. The highest BCUT2D eigenvalue weighted by molar-refractivity contribution is 7.48. The Morgan fingerprint density at radius 1 is 1.06 bits per heavy atom. The lowest BCUT2D eigenvalue weighted by atomic mass is 10.1. The van der Waals surface area contributed by atoms with Crippen molar-refractivity contribution in [2.75, 3.05) is 30.5 Å². The number of hydrogen-bond donors (Lipinski definition) is 5. The second-order valence-electron chi connectivity index (χ2n) is 18.2. The molecule has 28 heteroatoms. The van der Waals surface area contributed by atoms with Crippen molar-refractivity contribution in [1.82, 2.24) is 39.0 Å². The second kappa shape index (κ2) is 21.0. The molecule has 7 rings (SSSR count). The Kier molecular flexibility index (Phi) is 15.7. The van der Waals surface area contributed by atoms with Gasteiger partial charge >= 0.3 is 16.1 Å². The molecule has 0 bridgehead atoms. The van der Waals surface area contributed by atoms with Crippen LogP contribution in [-0.4, -0.2) is 120 Å². The summed E-state index contributed by atoms with van der Waals surface area (Å²) in [5, 5.41) is 25.1. The Labute approximate surface area is 396 Å². The van der Waals surface area contributed by atoms with Gasteiger partial charge in [0.2, 0.25) is 11.9 Å². The molecule has 0 radical (unpaired) electrons. The van der Waals surface area contributed by atoms with Crippen molar-refractivity contribution in [3.05, 3.63) is 65.2 Å². The molecule has 24 nitrogen and oxygen atoms in total. The van der Waals surface area contributed by atoms with Gasteiger partial charge in [-0.05, 0) is 36.7 Å². The summed E-state index contributed by atoms with van der Waals surface area (Å²) in [5.74, 6) is -2.26. The van der Waals surface area contributed by atoms with Crippen LogP contribution in [0.3, 0.4) is 0 Å². The molecule has 2 amide bonds. The highest BCUT2D eigenvalue weighted by atomic mass is 31.2. The highest BCUT2D eigenvalue weighted by Crippen LogP contribution is 2.57. The molecule has 4 aromatic heterocycles. The monoisotopic (exact) mass is 1020 g/mol. The van der Waals surface area contributed by atoms with E-state index < -0.39 is 116 Å². The number of aromatic amines is 1. The first-order valence-electron chi connectivity index (χ1n) is 21.8. The van der Waals surface area contributed by atoms with E-state index in [2.05, 4.69) is 40.5 Å². The third kappa shape index (κ3) is 11.2. The number of halogens is 1. The minimum absolute atomic E-state index is 0.0000247. The fourth-order valence-electron chi connectivity index (χ4n) is 7.61. The summed E-state index contributed by atoms with van der Waals surface area (Å²) in [6.07, 6.45) is -6.28. The SMILES string of the molecule is CC(C)C(=O)Nc1nc2c(ncn2[C@@H]2C[C@H](CO)[C@@H](O[Si](C)(C)C(C)(C)C)[C@H]2OP(=O)(OCCC#N)OC[C@H]2O[C@@H](n3cnc4c(NC(=O)c5ccccc5)ncnc43)[C@H](F)[C@@H]2O[P+](=O)O)c(=O)[nH]1. The van der Waals surface area contributed by atoms with Crippen LogP contribution in [0.4, 0.5) is 16.2 Å². The van der Waals surface area contributed by atoms with Crippen LogP contribution in [0.25, 0.3) is 22.3 Å². The van der Waals surface area contributed by atoms with Crippen molar-refractivity contribution < 1.29 is 60.4 Å². The van der Waals surface area contributed by atoms with Crippen LogP contribution in [0.15, 0.2) is 54.1 Å². The average molecular weight is 1020 g/mol. The van der Waals surface area contributed by atoms with Crippen LogP contribution in [0.1, 0.15) is 70.1 Å². The van der Waals surface area contributed by atoms with Crippen molar-refractivity contribution in [3.8, 4) is 6.07 Å². The number of fused-ring (bicyclic) bond motifs is 2. The van der Waals surface area contributed by atoms with E-state index in [1.54, 1.807) is 44.2 Å². The molecule has 1 aromatic carbocycles. The number of nitrogens with one attached hydrogen (secondary N) is 3. The Morgan fingerprint density at radius 3 is 2.43 bits per heavy atom. The number of ether oxygens (including phenoxy) is 1. The standard InChI is InChI=1S/C41H52FN11O13P2Si/c1-22(2)36(55)50-40-49-35-29(38(57)51-40)47-20-52(35)25-16-24(17-54)30(66-69(6,7)41(3,4)5)31(25)65-68(60,61-15-11-14-43)62-18-26-32(64-67(58)59)27(42)39(63-26)53-21-46-28-33(44-19-45-34(28)53)48-37(56)23-12-9-8-10-13-23/h8-10,12-13,19-22,24-27,30-32,39,54H,11,15-18H2,1-7H3,(H3-,44,45,48,49,50,51,55,56,57,58,59)/p+1/t24-,25-,26-,27-,30-,31+,32-,39-,68?/m1/s1. The van der Waals surface area contributed by atoms with Gasteiger partial charge in [0.1, 0.15) is 18.5 Å². The quantitative estimate of drug-likeness (QED) is 0.0389. The summed E-state index contributed by atoms with van der Waals surface area (Å²) in [6, 6.07) is 9.21. The lowest BCUT2D eigenvalue weighted by Crippen LogP contribution is -2.49. The maximum absolute atomic E-state index is 16.6. The van der Waals surface area contributed by atoms with Crippen LogP contribution in [-0.2, 0) is 41.2 Å². The van der Waals surface area contributed by atoms with E-state index in [1.165, 1.54) is 10.9 Å². The van der Waals surface area contributed by atoms with Gasteiger partial charge in [-0.2, -0.15) is 10.2 Å². The highest BCUT2D eigenvalue weighted by Gasteiger charge is 2.55. The van der Waals surface area contributed by atoms with Gasteiger partial charge in [-0.15, -0.1) is 9.42 Å². The molecule has 1 aliphatic heterocycles. The Morgan fingerprint density at radius 2 is 1.77 bits per heavy atom. The topological polar surface area (TPSA) is 319 Å². The molecule has 69 heavy (non-hydrogen) atoms. The lowest BCUT2D eigenvalue weighted by Gasteiger charge is -2.41. The van der Waals surface area contributed by atoms with E-state index in [-0.39, 0.29) is 52.0 Å². The van der Waals surface area contributed by atoms with Crippen LogP contribution in [0, 0.1) is 23.2 Å². The molecule has 370 valence electrons. The number of anilines is 2. The molecule has 2 unspecified atom stereocenters. The van der Waals surface area contributed by atoms with Gasteiger partial charge in [0.25, 0.3) is 11.5 Å². The molecule has 1 saturated heterocycles. The number of phosphoric ester groups is 1. The van der Waals surface area contributed by atoms with Crippen LogP contribution < -0.4 is 16.2 Å². The van der Waals surface area contributed by atoms with Gasteiger partial charge in [0, 0.05) is 28.6 Å². The maximum Gasteiger partial charge on any atom is 0.695 e. The molecule has 5 N–H and O–H groups in total. The number of aliphatic hydroxyl groups excluding tert-OH is 1. The summed E-state index contributed by atoms with van der Waals surface area (Å²) in [6.45, 7) is 11.5. The largest absolute Gasteiger partial charge is 0.695 e. The van der Waals surface area contributed by atoms with Gasteiger partial charge in [0.05, 0.1) is 50.5 Å². The van der Waals surface area contributed by atoms with Crippen molar-refractivity contribution in [1.29, 1.82) is 5.26 Å². The smallest absolute Gasteiger partial charge is 0.411 e. The molecular formula is C41H53FN11O13P2Si+. The number of amides is 2. The zero-order valence-corrected chi connectivity index (χ0v) is 41.4. The molecule has 1 aliphatic carbocycles. The van der Waals surface area contributed by atoms with Gasteiger partial charge in [-0.1, -0.05) is 52.8 Å². The third-order valence-electron chi connectivity index (χ3n) is 12.2. The maximum atomic E-state index is 16.6. The third-order valence-corrected chi connectivity index (χ3v) is 18.6. The molecule has 2 fully saturated rings. The van der Waals surface area contributed by atoms with Crippen LogP contribution in [0.5, 0.6) is 0 Å².